The van der Waals surface area contributed by atoms with Gasteiger partial charge >= 0.3 is 13.2 Å². The van der Waals surface area contributed by atoms with Gasteiger partial charge in [-0.05, 0) is 39.8 Å². The zero-order chi connectivity index (χ0) is 18.4. The predicted octanol–water partition coefficient (Wildman–Crippen LogP) is 2.37. The van der Waals surface area contributed by atoms with Crippen LogP contribution in [0.5, 0.6) is 5.75 Å². The van der Waals surface area contributed by atoms with Crippen LogP contribution in [0.4, 0.5) is 4.79 Å². The number of hydrogen-bond donors (Lipinski definition) is 2. The summed E-state index contributed by atoms with van der Waals surface area (Å²) in [5.74, 6) is 0.660. The molecule has 1 aliphatic heterocycles. The summed E-state index contributed by atoms with van der Waals surface area (Å²) in [5, 5.41) is 11.7. The number of methoxy groups -OCH3 is 1. The third-order valence-corrected chi connectivity index (χ3v) is 5.70. The van der Waals surface area contributed by atoms with Crippen LogP contribution in [0, 0.1) is 0 Å². The normalized spacial score (nSPS) is 18.5. The fraction of sp³-hybridized carbons (Fsp3) is 0.500. The number of ether oxygens (including phenoxy) is 1. The molecule has 0 bridgehead atoms. The minimum absolute atomic E-state index is 0.169. The van der Waals surface area contributed by atoms with Crippen LogP contribution in [-0.2, 0) is 15.9 Å². The molecule has 0 spiro atoms. The van der Waals surface area contributed by atoms with Gasteiger partial charge in [-0.1, -0.05) is 0 Å². The summed E-state index contributed by atoms with van der Waals surface area (Å²) in [6.45, 7) is 8.16. The zero-order valence-corrected chi connectivity index (χ0v) is 15.7. The van der Waals surface area contributed by atoms with Gasteiger partial charge in [-0.15, -0.1) is 11.3 Å². The molecule has 134 valence electrons. The molecule has 2 heterocycles. The molecule has 3 rings (SSSR count). The number of rotatable bonds is 4. The third-order valence-electron chi connectivity index (χ3n) is 4.68. The van der Waals surface area contributed by atoms with Gasteiger partial charge in [0.05, 0.1) is 35.1 Å². The standard InChI is InChI=1S/C16H21BN2O5S/c1-15(2)16(3,4)24-17(23-15)9-6-10-12(7-11(9)22-5)25-13(19-10)8-18-14(20)21/h6-7,18H,8H2,1-5H3,(H,20,21). The molecule has 1 aromatic heterocycles. The molecule has 0 unspecified atom stereocenters. The summed E-state index contributed by atoms with van der Waals surface area (Å²) < 4.78 is 18.7. The minimum Gasteiger partial charge on any atom is -0.497 e. The lowest BCUT2D eigenvalue weighted by Gasteiger charge is -2.32. The number of amides is 1. The van der Waals surface area contributed by atoms with E-state index < -0.39 is 24.4 Å². The molecule has 2 N–H and O–H groups in total. The summed E-state index contributed by atoms with van der Waals surface area (Å²) in [6.07, 6.45) is -1.07. The Bertz CT molecular complexity index is 804. The van der Waals surface area contributed by atoms with Gasteiger partial charge in [0.15, 0.2) is 0 Å². The van der Waals surface area contributed by atoms with Crippen LogP contribution in [0.3, 0.4) is 0 Å². The third kappa shape index (κ3) is 3.31. The number of nitrogens with zero attached hydrogens (tertiary/aromatic N) is 1. The van der Waals surface area contributed by atoms with E-state index >= 15 is 0 Å². The molecule has 0 radical (unpaired) electrons. The Labute approximate surface area is 150 Å². The second kappa shape index (κ2) is 6.15. The molecule has 2 aromatic rings. The number of benzene rings is 1. The first kappa shape index (κ1) is 18.0. The zero-order valence-electron chi connectivity index (χ0n) is 14.9. The van der Waals surface area contributed by atoms with E-state index in [1.54, 1.807) is 7.11 Å². The monoisotopic (exact) mass is 364 g/mol. The second-order valence-corrected chi connectivity index (χ2v) is 8.03. The van der Waals surface area contributed by atoms with Gasteiger partial charge in [-0.3, -0.25) is 0 Å². The Morgan fingerprint density at radius 1 is 1.32 bits per heavy atom. The Hall–Kier alpha value is -1.84. The van der Waals surface area contributed by atoms with Crippen LogP contribution in [0.2, 0.25) is 0 Å². The van der Waals surface area contributed by atoms with Crippen molar-refractivity contribution in [3.8, 4) is 5.75 Å². The number of fused-ring (bicyclic) bond motifs is 1. The number of carboxylic acid groups (broad SMARTS) is 1. The highest BCUT2D eigenvalue weighted by Gasteiger charge is 2.52. The molecular formula is C16H21BN2O5S. The van der Waals surface area contributed by atoms with Gasteiger partial charge < -0.3 is 24.5 Å². The number of carbonyl (C=O) groups is 1. The highest BCUT2D eigenvalue weighted by Crippen LogP contribution is 2.37. The van der Waals surface area contributed by atoms with Crippen molar-refractivity contribution < 1.29 is 23.9 Å². The fourth-order valence-corrected chi connectivity index (χ4v) is 3.49. The number of thiazole rings is 1. The lowest BCUT2D eigenvalue weighted by molar-refractivity contribution is 0.00578. The van der Waals surface area contributed by atoms with Crippen molar-refractivity contribution in [2.75, 3.05) is 7.11 Å². The highest BCUT2D eigenvalue weighted by atomic mass is 32.1. The van der Waals surface area contributed by atoms with E-state index in [2.05, 4.69) is 10.3 Å². The van der Waals surface area contributed by atoms with E-state index in [1.165, 1.54) is 11.3 Å². The van der Waals surface area contributed by atoms with Crippen LogP contribution in [0.15, 0.2) is 12.1 Å². The van der Waals surface area contributed by atoms with E-state index in [0.717, 1.165) is 15.7 Å². The van der Waals surface area contributed by atoms with Crippen LogP contribution in [-0.4, -0.2) is 41.6 Å². The van der Waals surface area contributed by atoms with E-state index in [-0.39, 0.29) is 6.54 Å². The largest absolute Gasteiger partial charge is 0.498 e. The molecule has 1 amide bonds. The lowest BCUT2D eigenvalue weighted by Crippen LogP contribution is -2.41. The van der Waals surface area contributed by atoms with E-state index in [9.17, 15) is 4.79 Å². The first-order valence-electron chi connectivity index (χ1n) is 7.93. The average Bonchev–Trinajstić information content (AvgIpc) is 3.00. The Balaban J connectivity index is 1.96. The van der Waals surface area contributed by atoms with Crippen LogP contribution < -0.4 is 15.5 Å². The summed E-state index contributed by atoms with van der Waals surface area (Å²) >= 11 is 1.42. The van der Waals surface area contributed by atoms with Gasteiger partial charge in [0.1, 0.15) is 10.8 Å². The van der Waals surface area contributed by atoms with Crippen molar-refractivity contribution in [1.29, 1.82) is 0 Å². The second-order valence-electron chi connectivity index (χ2n) is 6.92. The van der Waals surface area contributed by atoms with Gasteiger partial charge in [0.2, 0.25) is 0 Å². The summed E-state index contributed by atoms with van der Waals surface area (Å²) in [6, 6.07) is 3.77. The number of hydrogen-bond acceptors (Lipinski definition) is 6. The summed E-state index contributed by atoms with van der Waals surface area (Å²) in [7, 11) is 1.05. The molecular weight excluding hydrogens is 343 g/mol. The van der Waals surface area contributed by atoms with Gasteiger partial charge in [0.25, 0.3) is 0 Å². The number of nitrogens with one attached hydrogen (secondary N) is 1. The molecule has 0 atom stereocenters. The van der Waals surface area contributed by atoms with Crippen LogP contribution in [0.1, 0.15) is 32.7 Å². The maximum absolute atomic E-state index is 10.7. The van der Waals surface area contributed by atoms with Gasteiger partial charge in [-0.2, -0.15) is 0 Å². The van der Waals surface area contributed by atoms with E-state index in [1.807, 2.05) is 39.8 Å². The molecule has 1 saturated heterocycles. The lowest BCUT2D eigenvalue weighted by atomic mass is 9.78. The van der Waals surface area contributed by atoms with Crippen molar-refractivity contribution >= 4 is 40.2 Å². The number of aromatic nitrogens is 1. The molecule has 9 heteroatoms. The summed E-state index contributed by atoms with van der Waals surface area (Å²) in [5.41, 5.74) is 0.640. The van der Waals surface area contributed by atoms with Crippen molar-refractivity contribution in [2.24, 2.45) is 0 Å². The first-order chi connectivity index (χ1) is 11.6. The molecule has 1 fully saturated rings. The Morgan fingerprint density at radius 2 is 1.96 bits per heavy atom. The minimum atomic E-state index is -1.07. The average molecular weight is 364 g/mol. The van der Waals surface area contributed by atoms with E-state index in [0.29, 0.717) is 10.8 Å². The van der Waals surface area contributed by atoms with Crippen molar-refractivity contribution in [1.82, 2.24) is 10.3 Å². The Kier molecular flexibility index (Phi) is 4.42. The van der Waals surface area contributed by atoms with E-state index in [4.69, 9.17) is 19.2 Å². The van der Waals surface area contributed by atoms with Crippen molar-refractivity contribution in [3.05, 3.63) is 17.1 Å². The van der Waals surface area contributed by atoms with Gasteiger partial charge in [-0.25, -0.2) is 9.78 Å². The van der Waals surface area contributed by atoms with Crippen molar-refractivity contribution in [2.45, 2.75) is 45.4 Å². The maximum Gasteiger partial charge on any atom is 0.498 e. The molecule has 1 aliphatic rings. The molecule has 25 heavy (non-hydrogen) atoms. The fourth-order valence-electron chi connectivity index (χ4n) is 2.58. The van der Waals surface area contributed by atoms with Gasteiger partial charge in [0, 0.05) is 5.46 Å². The Morgan fingerprint density at radius 3 is 2.52 bits per heavy atom. The van der Waals surface area contributed by atoms with Crippen LogP contribution in [0.25, 0.3) is 10.2 Å². The smallest absolute Gasteiger partial charge is 0.497 e. The SMILES string of the molecule is COc1cc2sc(CNC(=O)O)nc2cc1B1OC(C)(C)C(C)(C)O1. The van der Waals surface area contributed by atoms with Crippen LogP contribution >= 0.6 is 11.3 Å². The first-order valence-corrected chi connectivity index (χ1v) is 8.74. The quantitative estimate of drug-likeness (QED) is 0.810. The highest BCUT2D eigenvalue weighted by molar-refractivity contribution is 7.18. The topological polar surface area (TPSA) is 89.9 Å². The summed E-state index contributed by atoms with van der Waals surface area (Å²) in [4.78, 5) is 15.1. The predicted molar refractivity (Wildman–Crippen MR) is 96.8 cm³/mol. The molecule has 0 saturated carbocycles. The molecule has 0 aliphatic carbocycles. The molecule has 1 aromatic carbocycles. The maximum atomic E-state index is 10.7. The molecule has 7 nitrogen and oxygen atoms in total. The van der Waals surface area contributed by atoms with Crippen molar-refractivity contribution in [3.63, 3.8) is 0 Å².